The Hall–Kier alpha value is -3.77. The Labute approximate surface area is 305 Å². The van der Waals surface area contributed by atoms with Crippen molar-refractivity contribution in [2.75, 3.05) is 10.8 Å². The van der Waals surface area contributed by atoms with E-state index in [1.807, 2.05) is 6.92 Å². The topological polar surface area (TPSA) is 86.8 Å². The van der Waals surface area contributed by atoms with E-state index in [2.05, 4.69) is 5.32 Å². The Bertz CT molecular complexity index is 1910. The molecule has 0 saturated heterocycles. The van der Waals surface area contributed by atoms with Gasteiger partial charge in [-0.15, -0.1) is 0 Å². The first kappa shape index (κ1) is 39.0. The Morgan fingerprint density at radius 3 is 2.06 bits per heavy atom. The zero-order chi connectivity index (χ0) is 36.8. The van der Waals surface area contributed by atoms with Crippen LogP contribution in [0.15, 0.2) is 95.9 Å². The lowest BCUT2D eigenvalue weighted by atomic mass is 10.0. The van der Waals surface area contributed by atoms with Crippen LogP contribution in [0.25, 0.3) is 0 Å². The number of aryl methyl sites for hydroxylation is 1. The van der Waals surface area contributed by atoms with Crippen molar-refractivity contribution >= 4 is 62.3 Å². The van der Waals surface area contributed by atoms with E-state index in [0.29, 0.717) is 22.4 Å². The van der Waals surface area contributed by atoms with Crippen LogP contribution in [0.4, 0.5) is 18.9 Å². The number of hydrogen-bond donors (Lipinski definition) is 1. The standard InChI is InChI=1S/C36H35Cl3F3N3O4S/c1-4-24(3)43-35(47)33(19-25-9-6-5-7-10-25)44(21-28-30(37)11-8-12-31(28)38)34(46)22-45(50(48,49)27-16-13-23(2)14-17-27)26-15-18-32(39)29(20-26)36(40,41)42/h5-18,20,24,33H,4,19,21-22H2,1-3H3,(H,43,47)/t24-,33+/m1/s1. The van der Waals surface area contributed by atoms with Crippen molar-refractivity contribution in [1.29, 1.82) is 0 Å². The molecule has 50 heavy (non-hydrogen) atoms. The summed E-state index contributed by atoms with van der Waals surface area (Å²) in [6, 6.07) is 20.3. The third-order valence-electron chi connectivity index (χ3n) is 8.09. The van der Waals surface area contributed by atoms with Crippen LogP contribution in [0, 0.1) is 6.92 Å². The number of carbonyl (C=O) groups excluding carboxylic acids is 2. The molecule has 2 atom stereocenters. The number of carbonyl (C=O) groups is 2. The molecule has 14 heteroatoms. The molecule has 4 rings (SSSR count). The second-order valence-corrected chi connectivity index (χ2v) is 14.8. The van der Waals surface area contributed by atoms with Crippen LogP contribution in [0.3, 0.4) is 0 Å². The predicted octanol–water partition coefficient (Wildman–Crippen LogP) is 8.72. The number of amides is 2. The summed E-state index contributed by atoms with van der Waals surface area (Å²) < 4.78 is 71.0. The molecule has 0 bridgehead atoms. The molecule has 2 amide bonds. The summed E-state index contributed by atoms with van der Waals surface area (Å²) in [6.07, 6.45) is -4.34. The van der Waals surface area contributed by atoms with Crippen molar-refractivity contribution in [3.05, 3.63) is 128 Å². The fourth-order valence-electron chi connectivity index (χ4n) is 5.10. The SMILES string of the molecule is CC[C@@H](C)NC(=O)[C@H](Cc1ccccc1)N(Cc1c(Cl)cccc1Cl)C(=O)CN(c1ccc(Cl)c(C(F)(F)F)c1)S(=O)(=O)c1ccc(C)cc1. The third-order valence-corrected chi connectivity index (χ3v) is 10.9. The summed E-state index contributed by atoms with van der Waals surface area (Å²) in [5.41, 5.74) is -0.0389. The maximum Gasteiger partial charge on any atom is 0.417 e. The normalized spacial score (nSPS) is 13.0. The minimum atomic E-state index is -4.93. The van der Waals surface area contributed by atoms with E-state index in [4.69, 9.17) is 34.8 Å². The molecular formula is C36H35Cl3F3N3O4S. The maximum absolute atomic E-state index is 14.6. The molecule has 266 valence electrons. The van der Waals surface area contributed by atoms with Gasteiger partial charge in [0.15, 0.2) is 0 Å². The van der Waals surface area contributed by atoms with Crippen molar-refractivity contribution in [3.63, 3.8) is 0 Å². The van der Waals surface area contributed by atoms with E-state index in [0.717, 1.165) is 22.6 Å². The van der Waals surface area contributed by atoms with Crippen molar-refractivity contribution in [3.8, 4) is 0 Å². The van der Waals surface area contributed by atoms with Gasteiger partial charge in [0.25, 0.3) is 10.0 Å². The van der Waals surface area contributed by atoms with Gasteiger partial charge in [0.1, 0.15) is 12.6 Å². The highest BCUT2D eigenvalue weighted by atomic mass is 35.5. The van der Waals surface area contributed by atoms with E-state index in [-0.39, 0.29) is 39.5 Å². The highest BCUT2D eigenvalue weighted by Crippen LogP contribution is 2.38. The van der Waals surface area contributed by atoms with Crippen molar-refractivity contribution in [1.82, 2.24) is 10.2 Å². The number of nitrogens with zero attached hydrogens (tertiary/aromatic N) is 2. The smallest absolute Gasteiger partial charge is 0.352 e. The monoisotopic (exact) mass is 767 g/mol. The highest BCUT2D eigenvalue weighted by molar-refractivity contribution is 7.92. The molecule has 0 radical (unpaired) electrons. The van der Waals surface area contributed by atoms with Gasteiger partial charge in [0, 0.05) is 34.6 Å². The minimum Gasteiger partial charge on any atom is -0.352 e. The number of hydrogen-bond acceptors (Lipinski definition) is 4. The number of nitrogens with one attached hydrogen (secondary N) is 1. The van der Waals surface area contributed by atoms with Crippen LogP contribution in [0.5, 0.6) is 0 Å². The number of rotatable bonds is 13. The van der Waals surface area contributed by atoms with Gasteiger partial charge in [0.2, 0.25) is 11.8 Å². The summed E-state index contributed by atoms with van der Waals surface area (Å²) in [6.45, 7) is 4.10. The molecule has 0 unspecified atom stereocenters. The molecule has 4 aromatic rings. The second-order valence-electron chi connectivity index (χ2n) is 11.7. The van der Waals surface area contributed by atoms with Crippen molar-refractivity contribution in [2.24, 2.45) is 0 Å². The van der Waals surface area contributed by atoms with Gasteiger partial charge in [-0.2, -0.15) is 13.2 Å². The molecule has 4 aromatic carbocycles. The summed E-state index contributed by atoms with van der Waals surface area (Å²) >= 11 is 18.9. The summed E-state index contributed by atoms with van der Waals surface area (Å²) in [5, 5.41) is 2.63. The average molecular weight is 769 g/mol. The average Bonchev–Trinajstić information content (AvgIpc) is 3.06. The van der Waals surface area contributed by atoms with Crippen LogP contribution < -0.4 is 9.62 Å². The van der Waals surface area contributed by atoms with Gasteiger partial charge in [-0.25, -0.2) is 8.42 Å². The van der Waals surface area contributed by atoms with Gasteiger partial charge in [-0.05, 0) is 68.3 Å². The molecule has 0 aliphatic rings. The molecule has 0 fully saturated rings. The van der Waals surface area contributed by atoms with E-state index in [1.54, 1.807) is 62.4 Å². The fourth-order valence-corrected chi connectivity index (χ4v) is 7.25. The van der Waals surface area contributed by atoms with Crippen LogP contribution in [0.2, 0.25) is 15.1 Å². The summed E-state index contributed by atoms with van der Waals surface area (Å²) in [4.78, 5) is 29.5. The van der Waals surface area contributed by atoms with Gasteiger partial charge in [0.05, 0.1) is 21.2 Å². The Morgan fingerprint density at radius 2 is 1.48 bits per heavy atom. The number of anilines is 1. The number of sulfonamides is 1. The molecule has 0 aliphatic carbocycles. The highest BCUT2D eigenvalue weighted by Gasteiger charge is 2.38. The molecule has 7 nitrogen and oxygen atoms in total. The molecular weight excluding hydrogens is 734 g/mol. The second kappa shape index (κ2) is 16.5. The number of alkyl halides is 3. The number of halogens is 6. The van der Waals surface area contributed by atoms with Crippen LogP contribution in [-0.4, -0.2) is 43.8 Å². The van der Waals surface area contributed by atoms with E-state index in [1.165, 1.54) is 24.3 Å². The van der Waals surface area contributed by atoms with Gasteiger partial charge < -0.3 is 10.2 Å². The van der Waals surface area contributed by atoms with Crippen LogP contribution in [0.1, 0.15) is 42.5 Å². The fraction of sp³-hybridized carbons (Fsp3) is 0.278. The van der Waals surface area contributed by atoms with Gasteiger partial charge in [-0.1, -0.05) is 95.8 Å². The molecule has 0 aliphatic heterocycles. The zero-order valence-corrected chi connectivity index (χ0v) is 30.4. The van der Waals surface area contributed by atoms with E-state index in [9.17, 15) is 31.2 Å². The Kier molecular flexibility index (Phi) is 12.9. The number of benzene rings is 4. The predicted molar refractivity (Wildman–Crippen MR) is 191 cm³/mol. The van der Waals surface area contributed by atoms with Crippen LogP contribution in [-0.2, 0) is 38.8 Å². The maximum atomic E-state index is 14.6. The van der Waals surface area contributed by atoms with Gasteiger partial charge >= 0.3 is 6.18 Å². The Balaban J connectivity index is 1.90. The van der Waals surface area contributed by atoms with Crippen molar-refractivity contribution in [2.45, 2.75) is 63.3 Å². The molecule has 0 spiro atoms. The first-order chi connectivity index (χ1) is 23.5. The quantitative estimate of drug-likeness (QED) is 0.148. The van der Waals surface area contributed by atoms with Gasteiger partial charge in [-0.3, -0.25) is 13.9 Å². The zero-order valence-electron chi connectivity index (χ0n) is 27.3. The molecule has 0 saturated carbocycles. The molecule has 1 N–H and O–H groups in total. The lowest BCUT2D eigenvalue weighted by Gasteiger charge is -2.34. The lowest BCUT2D eigenvalue weighted by molar-refractivity contribution is -0.140. The largest absolute Gasteiger partial charge is 0.417 e. The van der Waals surface area contributed by atoms with E-state index < -0.39 is 56.9 Å². The first-order valence-electron chi connectivity index (χ1n) is 15.6. The minimum absolute atomic E-state index is 0.0147. The molecule has 0 heterocycles. The van der Waals surface area contributed by atoms with Crippen molar-refractivity contribution < 1.29 is 31.2 Å². The van der Waals surface area contributed by atoms with E-state index >= 15 is 0 Å². The Morgan fingerprint density at radius 1 is 0.860 bits per heavy atom. The third kappa shape index (κ3) is 9.51. The first-order valence-corrected chi connectivity index (χ1v) is 18.1. The summed E-state index contributed by atoms with van der Waals surface area (Å²) in [7, 11) is -4.67. The molecule has 0 aromatic heterocycles. The lowest BCUT2D eigenvalue weighted by Crippen LogP contribution is -2.54. The summed E-state index contributed by atoms with van der Waals surface area (Å²) in [5.74, 6) is -1.43. The van der Waals surface area contributed by atoms with Crippen LogP contribution >= 0.6 is 34.8 Å².